The van der Waals surface area contributed by atoms with E-state index >= 15 is 0 Å². The van der Waals surface area contributed by atoms with Crippen LogP contribution in [-0.4, -0.2) is 55.0 Å². The van der Waals surface area contributed by atoms with Gasteiger partial charge in [0, 0.05) is 26.2 Å². The average Bonchev–Trinajstić information content (AvgIpc) is 2.91. The Morgan fingerprint density at radius 1 is 1.00 bits per heavy atom. The molecule has 102 valence electrons. The highest BCUT2D eigenvalue weighted by Crippen LogP contribution is 2.34. The third-order valence-corrected chi connectivity index (χ3v) is 6.59. The third-order valence-electron chi connectivity index (χ3n) is 4.22. The van der Waals surface area contributed by atoms with Crippen LogP contribution in [0.4, 0.5) is 0 Å². The van der Waals surface area contributed by atoms with Crippen molar-refractivity contribution >= 4 is 15.9 Å². The molecule has 0 bridgehead atoms. The summed E-state index contributed by atoms with van der Waals surface area (Å²) in [5, 5.41) is -0.155. The van der Waals surface area contributed by atoms with Crippen molar-refractivity contribution in [3.8, 4) is 0 Å². The van der Waals surface area contributed by atoms with Crippen molar-refractivity contribution in [1.29, 1.82) is 0 Å². The van der Waals surface area contributed by atoms with Gasteiger partial charge in [0.15, 0.2) is 0 Å². The molecule has 0 spiro atoms. The van der Waals surface area contributed by atoms with Gasteiger partial charge >= 0.3 is 0 Å². The summed E-state index contributed by atoms with van der Waals surface area (Å²) >= 11 is 0. The molecule has 0 N–H and O–H groups in total. The number of amides is 1. The van der Waals surface area contributed by atoms with Crippen molar-refractivity contribution in [3.63, 3.8) is 0 Å². The summed E-state index contributed by atoms with van der Waals surface area (Å²) in [6.07, 6.45) is 4.46. The first-order valence-corrected chi connectivity index (χ1v) is 8.37. The zero-order chi connectivity index (χ0) is 12.8. The van der Waals surface area contributed by atoms with Crippen LogP contribution in [0.3, 0.4) is 0 Å². The maximum absolute atomic E-state index is 12.2. The van der Waals surface area contributed by atoms with Gasteiger partial charge < -0.3 is 4.90 Å². The molecular weight excluding hydrogens is 252 g/mol. The van der Waals surface area contributed by atoms with E-state index < -0.39 is 10.0 Å². The van der Waals surface area contributed by atoms with E-state index in [1.165, 1.54) is 0 Å². The maximum atomic E-state index is 12.2. The lowest BCUT2D eigenvalue weighted by Crippen LogP contribution is -2.37. The molecule has 2 saturated heterocycles. The number of sulfonamides is 1. The highest BCUT2D eigenvalue weighted by Gasteiger charge is 2.44. The topological polar surface area (TPSA) is 57.7 Å². The fourth-order valence-electron chi connectivity index (χ4n) is 2.93. The normalized spacial score (nSPS) is 30.0. The van der Waals surface area contributed by atoms with Gasteiger partial charge in [0.1, 0.15) is 0 Å². The summed E-state index contributed by atoms with van der Waals surface area (Å²) in [7, 11) is -3.09. The van der Waals surface area contributed by atoms with Gasteiger partial charge in [0.25, 0.3) is 0 Å². The molecule has 5 nitrogen and oxygen atoms in total. The van der Waals surface area contributed by atoms with Crippen LogP contribution in [0.15, 0.2) is 0 Å². The Morgan fingerprint density at radius 3 is 2.28 bits per heavy atom. The minimum atomic E-state index is -3.09. The second-order valence-corrected chi connectivity index (χ2v) is 7.83. The number of hydrogen-bond acceptors (Lipinski definition) is 3. The fraction of sp³-hybridized carbons (Fsp3) is 0.917. The van der Waals surface area contributed by atoms with Crippen molar-refractivity contribution in [1.82, 2.24) is 9.21 Å². The van der Waals surface area contributed by atoms with Gasteiger partial charge in [-0.2, -0.15) is 0 Å². The van der Waals surface area contributed by atoms with Gasteiger partial charge in [0.2, 0.25) is 15.9 Å². The van der Waals surface area contributed by atoms with E-state index in [0.717, 1.165) is 38.8 Å². The highest BCUT2D eigenvalue weighted by atomic mass is 32.2. The van der Waals surface area contributed by atoms with Gasteiger partial charge in [-0.1, -0.05) is 0 Å². The molecule has 0 aromatic rings. The first-order chi connectivity index (χ1) is 8.59. The zero-order valence-electron chi connectivity index (χ0n) is 10.5. The average molecular weight is 272 g/mol. The van der Waals surface area contributed by atoms with Crippen LogP contribution < -0.4 is 0 Å². The lowest BCUT2D eigenvalue weighted by atomic mass is 10.1. The second kappa shape index (κ2) is 4.49. The van der Waals surface area contributed by atoms with Crippen LogP contribution in [0.5, 0.6) is 0 Å². The monoisotopic (exact) mass is 272 g/mol. The number of rotatable bonds is 3. The summed E-state index contributed by atoms with van der Waals surface area (Å²) in [5.41, 5.74) is 0. The predicted molar refractivity (Wildman–Crippen MR) is 67.4 cm³/mol. The van der Waals surface area contributed by atoms with E-state index in [4.69, 9.17) is 0 Å². The van der Waals surface area contributed by atoms with E-state index in [1.807, 2.05) is 4.90 Å². The first-order valence-electron chi connectivity index (χ1n) is 6.87. The van der Waals surface area contributed by atoms with Crippen LogP contribution >= 0.6 is 0 Å². The van der Waals surface area contributed by atoms with E-state index in [2.05, 4.69) is 0 Å². The minimum absolute atomic E-state index is 0.100. The summed E-state index contributed by atoms with van der Waals surface area (Å²) in [6, 6.07) is 0. The van der Waals surface area contributed by atoms with Gasteiger partial charge in [-0.3, -0.25) is 4.79 Å². The maximum Gasteiger partial charge on any atom is 0.227 e. The quantitative estimate of drug-likeness (QED) is 0.748. The van der Waals surface area contributed by atoms with E-state index in [9.17, 15) is 13.2 Å². The van der Waals surface area contributed by atoms with Crippen molar-refractivity contribution in [2.45, 2.75) is 37.4 Å². The van der Waals surface area contributed by atoms with Crippen LogP contribution in [0.1, 0.15) is 32.1 Å². The summed E-state index contributed by atoms with van der Waals surface area (Å²) < 4.78 is 25.7. The largest absolute Gasteiger partial charge is 0.342 e. The van der Waals surface area contributed by atoms with Gasteiger partial charge in [0.05, 0.1) is 11.2 Å². The molecule has 18 heavy (non-hydrogen) atoms. The van der Waals surface area contributed by atoms with Crippen molar-refractivity contribution < 1.29 is 13.2 Å². The van der Waals surface area contributed by atoms with E-state index in [0.29, 0.717) is 19.5 Å². The van der Waals surface area contributed by atoms with Crippen LogP contribution in [-0.2, 0) is 14.8 Å². The molecule has 1 saturated carbocycles. The number of likely N-dealkylation sites (tertiary alicyclic amines) is 1. The molecule has 6 heteroatoms. The Hall–Kier alpha value is -0.620. The Labute approximate surface area is 108 Å². The molecule has 0 radical (unpaired) electrons. The van der Waals surface area contributed by atoms with E-state index in [-0.39, 0.29) is 17.1 Å². The zero-order valence-corrected chi connectivity index (χ0v) is 11.4. The number of hydrogen-bond donors (Lipinski definition) is 0. The second-order valence-electron chi connectivity index (χ2n) is 5.62. The van der Waals surface area contributed by atoms with Gasteiger partial charge in [-0.15, -0.1) is 0 Å². The summed E-state index contributed by atoms with van der Waals surface area (Å²) in [5.74, 6) is 0.0672. The van der Waals surface area contributed by atoms with E-state index in [1.54, 1.807) is 4.31 Å². The molecule has 2 heterocycles. The molecule has 1 atom stereocenters. The number of nitrogens with zero attached hydrogens (tertiary/aromatic N) is 2. The van der Waals surface area contributed by atoms with Gasteiger partial charge in [-0.05, 0) is 32.1 Å². The molecule has 0 aromatic heterocycles. The van der Waals surface area contributed by atoms with Crippen molar-refractivity contribution in [2.75, 3.05) is 26.2 Å². The minimum Gasteiger partial charge on any atom is -0.342 e. The molecular formula is C12H20N2O3S. The third kappa shape index (κ3) is 2.16. The first kappa shape index (κ1) is 12.4. The molecule has 2 aliphatic heterocycles. The molecule has 1 aliphatic carbocycles. The van der Waals surface area contributed by atoms with Crippen molar-refractivity contribution in [3.05, 3.63) is 0 Å². The lowest BCUT2D eigenvalue weighted by molar-refractivity contribution is -0.133. The number of carbonyl (C=O) groups excluding carboxylic acids is 1. The summed E-state index contributed by atoms with van der Waals surface area (Å²) in [6.45, 7) is 2.65. The van der Waals surface area contributed by atoms with Crippen LogP contribution in [0, 0.1) is 5.92 Å². The Morgan fingerprint density at radius 2 is 1.67 bits per heavy atom. The SMILES string of the molecule is O=C(C1CCN(S(=O)(=O)C2CC2)C1)N1CCCC1. The molecule has 0 aromatic carbocycles. The molecule has 1 unspecified atom stereocenters. The molecule has 3 fully saturated rings. The van der Waals surface area contributed by atoms with Gasteiger partial charge in [-0.25, -0.2) is 12.7 Å². The fourth-order valence-corrected chi connectivity index (χ4v) is 4.83. The molecule has 1 amide bonds. The summed E-state index contributed by atoms with van der Waals surface area (Å²) in [4.78, 5) is 14.1. The smallest absolute Gasteiger partial charge is 0.227 e. The molecule has 3 rings (SSSR count). The van der Waals surface area contributed by atoms with Crippen LogP contribution in [0.2, 0.25) is 0 Å². The predicted octanol–water partition coefficient (Wildman–Crippen LogP) is 0.423. The number of carbonyl (C=O) groups is 1. The molecule has 3 aliphatic rings. The highest BCUT2D eigenvalue weighted by molar-refractivity contribution is 7.90. The Kier molecular flexibility index (Phi) is 3.10. The lowest BCUT2D eigenvalue weighted by Gasteiger charge is -2.20. The van der Waals surface area contributed by atoms with Crippen molar-refractivity contribution in [2.24, 2.45) is 5.92 Å². The van der Waals surface area contributed by atoms with Crippen LogP contribution in [0.25, 0.3) is 0 Å². The standard InChI is InChI=1S/C12H20N2O3S/c15-12(13-6-1-2-7-13)10-5-8-14(9-10)18(16,17)11-3-4-11/h10-11H,1-9H2. The Bertz CT molecular complexity index is 438. The Balaban J connectivity index is 1.62.